The zero-order chi connectivity index (χ0) is 17.3. The van der Waals surface area contributed by atoms with Gasteiger partial charge in [0.1, 0.15) is 0 Å². The molecule has 0 saturated heterocycles. The van der Waals surface area contributed by atoms with Gasteiger partial charge in [-0.1, -0.05) is 26.0 Å². The van der Waals surface area contributed by atoms with Gasteiger partial charge in [-0.25, -0.2) is 4.39 Å². The molecule has 3 saturated carbocycles. The summed E-state index contributed by atoms with van der Waals surface area (Å²) in [6.07, 6.45) is 9.97. The fourth-order valence-electron chi connectivity index (χ4n) is 6.47. The van der Waals surface area contributed by atoms with Gasteiger partial charge in [0.05, 0.1) is 6.10 Å². The highest BCUT2D eigenvalue weighted by Crippen LogP contribution is 2.65. The van der Waals surface area contributed by atoms with E-state index in [1.165, 1.54) is 6.08 Å². The van der Waals surface area contributed by atoms with E-state index in [2.05, 4.69) is 13.8 Å². The Labute approximate surface area is 143 Å². The van der Waals surface area contributed by atoms with Crippen LogP contribution in [0.2, 0.25) is 0 Å². The third kappa shape index (κ3) is 1.88. The average Bonchev–Trinajstić information content (AvgIpc) is 2.86. The molecule has 1 N–H and O–H groups in total. The number of hydrogen-bond donors (Lipinski definition) is 1. The van der Waals surface area contributed by atoms with Crippen LogP contribution >= 0.6 is 0 Å². The van der Waals surface area contributed by atoms with Crippen LogP contribution in [-0.2, 0) is 4.79 Å². The standard InChI is InChI=1S/C21H27FO2/c1-4-12-11-13-14-5-6-17(24)20(14,2)9-7-15(13)21(3)10-8-16(23)19(22)18(12)21/h4,8,10,13-15,17,24H,5-7,9,11H2,1-3H3/t13-,14-,15-,17-,20-,21+/m0/s1. The highest BCUT2D eigenvalue weighted by molar-refractivity contribution is 6.05. The third-order valence-corrected chi connectivity index (χ3v) is 7.84. The minimum atomic E-state index is -0.550. The fourth-order valence-corrected chi connectivity index (χ4v) is 6.47. The highest BCUT2D eigenvalue weighted by atomic mass is 19.1. The molecule has 0 heterocycles. The van der Waals surface area contributed by atoms with Crippen LogP contribution in [0.4, 0.5) is 4.39 Å². The van der Waals surface area contributed by atoms with Crippen LogP contribution in [-0.4, -0.2) is 17.0 Å². The minimum absolute atomic E-state index is 0.00431. The van der Waals surface area contributed by atoms with Crippen LogP contribution in [0.5, 0.6) is 0 Å². The number of aliphatic hydroxyl groups is 1. The number of halogens is 1. The lowest BCUT2D eigenvalue weighted by molar-refractivity contribution is -0.113. The maximum absolute atomic E-state index is 14.8. The van der Waals surface area contributed by atoms with Crippen molar-refractivity contribution in [2.75, 3.05) is 0 Å². The summed E-state index contributed by atoms with van der Waals surface area (Å²) < 4.78 is 14.8. The second-order valence-corrected chi connectivity index (χ2v) is 8.70. The summed E-state index contributed by atoms with van der Waals surface area (Å²) in [5.41, 5.74) is 1.25. The van der Waals surface area contributed by atoms with Crippen molar-refractivity contribution in [3.63, 3.8) is 0 Å². The molecule has 4 rings (SSSR count). The van der Waals surface area contributed by atoms with Crippen LogP contribution in [0.15, 0.2) is 35.2 Å². The van der Waals surface area contributed by atoms with Gasteiger partial charge in [-0.15, -0.1) is 0 Å². The van der Waals surface area contributed by atoms with E-state index in [9.17, 15) is 14.3 Å². The summed E-state index contributed by atoms with van der Waals surface area (Å²) in [5, 5.41) is 10.5. The van der Waals surface area contributed by atoms with Crippen LogP contribution in [0.1, 0.15) is 52.9 Å². The molecule has 4 aliphatic carbocycles. The molecule has 0 bridgehead atoms. The molecule has 0 radical (unpaired) electrons. The molecule has 0 unspecified atom stereocenters. The summed E-state index contributed by atoms with van der Waals surface area (Å²) in [5.74, 6) is 0.276. The lowest BCUT2D eigenvalue weighted by Crippen LogP contribution is -2.51. The normalized spacial score (nSPS) is 49.2. The van der Waals surface area contributed by atoms with Crippen molar-refractivity contribution in [2.45, 2.75) is 59.0 Å². The molecule has 0 spiro atoms. The molecule has 0 aliphatic heterocycles. The number of fused-ring (bicyclic) bond motifs is 5. The van der Waals surface area contributed by atoms with Crippen LogP contribution in [0.3, 0.4) is 0 Å². The lowest BCUT2D eigenvalue weighted by Gasteiger charge is -2.57. The highest BCUT2D eigenvalue weighted by Gasteiger charge is 2.59. The van der Waals surface area contributed by atoms with Gasteiger partial charge in [-0.3, -0.25) is 4.79 Å². The maximum atomic E-state index is 14.8. The van der Waals surface area contributed by atoms with Gasteiger partial charge in [0.2, 0.25) is 5.78 Å². The summed E-state index contributed by atoms with van der Waals surface area (Å²) >= 11 is 0. The fraction of sp³-hybridized carbons (Fsp3) is 0.667. The Hall–Kier alpha value is -1.22. The van der Waals surface area contributed by atoms with Crippen LogP contribution in [0.25, 0.3) is 0 Å². The molecule has 3 heteroatoms. The number of hydrogen-bond acceptors (Lipinski definition) is 2. The molecule has 24 heavy (non-hydrogen) atoms. The topological polar surface area (TPSA) is 37.3 Å². The SMILES string of the molecule is CC=C1C[C@H]2[C@@H]3CC[C@H](O)[C@@]3(C)CC[C@@H]2[C@@]2(C)C=CC(=O)C(F)=C12. The Morgan fingerprint density at radius 3 is 2.71 bits per heavy atom. The summed E-state index contributed by atoms with van der Waals surface area (Å²) in [7, 11) is 0. The van der Waals surface area contributed by atoms with Crippen molar-refractivity contribution in [1.29, 1.82) is 0 Å². The van der Waals surface area contributed by atoms with E-state index in [0.717, 1.165) is 37.7 Å². The zero-order valence-corrected chi connectivity index (χ0v) is 14.8. The molecule has 0 amide bonds. The number of carbonyl (C=O) groups excluding carboxylic acids is 1. The number of aliphatic hydroxyl groups excluding tert-OH is 1. The molecular weight excluding hydrogens is 303 g/mol. The second-order valence-electron chi connectivity index (χ2n) is 8.70. The molecule has 130 valence electrons. The first-order chi connectivity index (χ1) is 11.3. The first-order valence-corrected chi connectivity index (χ1v) is 9.30. The maximum Gasteiger partial charge on any atom is 0.214 e. The van der Waals surface area contributed by atoms with Crippen LogP contribution < -0.4 is 0 Å². The lowest BCUT2D eigenvalue weighted by atomic mass is 9.47. The zero-order valence-electron chi connectivity index (χ0n) is 14.8. The third-order valence-electron chi connectivity index (χ3n) is 7.84. The summed E-state index contributed by atoms with van der Waals surface area (Å²) in [4.78, 5) is 11.9. The minimum Gasteiger partial charge on any atom is -0.393 e. The van der Waals surface area contributed by atoms with E-state index in [-0.39, 0.29) is 11.5 Å². The van der Waals surface area contributed by atoms with Crippen molar-refractivity contribution in [3.05, 3.63) is 35.2 Å². The average molecular weight is 330 g/mol. The van der Waals surface area contributed by atoms with Gasteiger partial charge in [-0.05, 0) is 73.8 Å². The van der Waals surface area contributed by atoms with Crippen molar-refractivity contribution in [1.82, 2.24) is 0 Å². The predicted octanol–water partition coefficient (Wildman–Crippen LogP) is 4.51. The van der Waals surface area contributed by atoms with Crippen molar-refractivity contribution < 1.29 is 14.3 Å². The first kappa shape index (κ1) is 16.3. The van der Waals surface area contributed by atoms with Crippen molar-refractivity contribution >= 4 is 5.78 Å². The molecule has 2 nitrogen and oxygen atoms in total. The molecule has 0 aromatic carbocycles. The molecule has 0 aromatic heterocycles. The predicted molar refractivity (Wildman–Crippen MR) is 91.8 cm³/mol. The number of carbonyl (C=O) groups is 1. The molecular formula is C21H27FO2. The Bertz CT molecular complexity index is 688. The second kappa shape index (κ2) is 5.14. The Morgan fingerprint density at radius 1 is 1.25 bits per heavy atom. The Balaban J connectivity index is 1.82. The molecule has 6 atom stereocenters. The summed E-state index contributed by atoms with van der Waals surface area (Å²) in [6.45, 7) is 6.30. The summed E-state index contributed by atoms with van der Waals surface area (Å²) in [6, 6.07) is 0. The number of ketones is 1. The van der Waals surface area contributed by atoms with Gasteiger partial charge >= 0.3 is 0 Å². The number of rotatable bonds is 0. The van der Waals surface area contributed by atoms with Crippen molar-refractivity contribution in [2.24, 2.45) is 28.6 Å². The first-order valence-electron chi connectivity index (χ1n) is 9.30. The van der Waals surface area contributed by atoms with Gasteiger partial charge < -0.3 is 5.11 Å². The van der Waals surface area contributed by atoms with E-state index in [1.807, 2.05) is 19.1 Å². The van der Waals surface area contributed by atoms with Crippen LogP contribution in [0, 0.1) is 28.6 Å². The molecule has 0 aromatic rings. The van der Waals surface area contributed by atoms with Crippen molar-refractivity contribution in [3.8, 4) is 0 Å². The van der Waals surface area contributed by atoms with Gasteiger partial charge in [0.15, 0.2) is 5.83 Å². The van der Waals surface area contributed by atoms with Gasteiger partial charge in [0, 0.05) is 11.0 Å². The quantitative estimate of drug-likeness (QED) is 0.709. The largest absolute Gasteiger partial charge is 0.393 e. The van der Waals surface area contributed by atoms with Gasteiger partial charge in [0.25, 0.3) is 0 Å². The van der Waals surface area contributed by atoms with Gasteiger partial charge in [-0.2, -0.15) is 0 Å². The molecule has 4 aliphatic rings. The van der Waals surface area contributed by atoms with E-state index < -0.39 is 17.0 Å². The monoisotopic (exact) mass is 330 g/mol. The Morgan fingerprint density at radius 2 is 2.00 bits per heavy atom. The van der Waals surface area contributed by atoms with E-state index in [0.29, 0.717) is 23.3 Å². The molecule has 3 fully saturated rings. The Kier molecular flexibility index (Phi) is 3.48. The smallest absolute Gasteiger partial charge is 0.214 e. The van der Waals surface area contributed by atoms with E-state index in [1.54, 1.807) is 0 Å². The number of allylic oxidation sites excluding steroid dienone is 6. The van der Waals surface area contributed by atoms with E-state index >= 15 is 0 Å². The van der Waals surface area contributed by atoms with E-state index in [4.69, 9.17) is 0 Å².